The number of nitrogens with zero attached hydrogens (tertiary/aromatic N) is 4. The fourth-order valence-electron chi connectivity index (χ4n) is 3.26. The Bertz CT molecular complexity index is 613. The molecular weight excluding hydrogens is 292 g/mol. The van der Waals surface area contributed by atoms with Crippen LogP contribution in [0, 0.1) is 0 Å². The number of aryl methyl sites for hydroxylation is 1. The molecular formula is C13H22N4O3S. The molecule has 0 saturated carbocycles. The number of fused-ring (bicyclic) bond motifs is 1. The second-order valence-electron chi connectivity index (χ2n) is 6.03. The average molecular weight is 314 g/mol. The van der Waals surface area contributed by atoms with Gasteiger partial charge >= 0.3 is 0 Å². The first-order valence-corrected chi connectivity index (χ1v) is 8.63. The van der Waals surface area contributed by atoms with E-state index in [1.54, 1.807) is 22.1 Å². The molecule has 118 valence electrons. The van der Waals surface area contributed by atoms with E-state index in [-0.39, 0.29) is 23.2 Å². The van der Waals surface area contributed by atoms with Crippen LogP contribution in [0.15, 0.2) is 17.6 Å². The SMILES string of the molecule is CN(C)[C@@H]1CN(S(=O)(=O)c2cn(C)cn2)[C@@H]2CCCO[C@H]12. The molecule has 2 aliphatic rings. The molecule has 2 fully saturated rings. The van der Waals surface area contributed by atoms with Crippen LogP contribution in [-0.2, 0) is 21.8 Å². The first kappa shape index (κ1) is 15.0. The lowest BCUT2D eigenvalue weighted by Gasteiger charge is -2.33. The van der Waals surface area contributed by atoms with Crippen LogP contribution in [0.5, 0.6) is 0 Å². The van der Waals surface area contributed by atoms with Crippen molar-refractivity contribution in [2.24, 2.45) is 7.05 Å². The molecule has 0 radical (unpaired) electrons. The van der Waals surface area contributed by atoms with Crippen molar-refractivity contribution in [3.63, 3.8) is 0 Å². The Hall–Kier alpha value is -0.960. The average Bonchev–Trinajstić information content (AvgIpc) is 3.02. The molecule has 0 amide bonds. The molecule has 2 aliphatic heterocycles. The van der Waals surface area contributed by atoms with Crippen molar-refractivity contribution in [1.29, 1.82) is 0 Å². The molecule has 0 aliphatic carbocycles. The highest BCUT2D eigenvalue weighted by Crippen LogP contribution is 2.34. The van der Waals surface area contributed by atoms with Crippen molar-refractivity contribution in [3.05, 3.63) is 12.5 Å². The van der Waals surface area contributed by atoms with E-state index < -0.39 is 10.0 Å². The summed E-state index contributed by atoms with van der Waals surface area (Å²) in [6.07, 6.45) is 4.77. The Morgan fingerprint density at radius 3 is 2.81 bits per heavy atom. The summed E-state index contributed by atoms with van der Waals surface area (Å²) in [7, 11) is 2.15. The van der Waals surface area contributed by atoms with Crippen LogP contribution >= 0.6 is 0 Å². The second kappa shape index (κ2) is 5.35. The predicted octanol–water partition coefficient (Wildman–Crippen LogP) is -0.0978. The minimum atomic E-state index is -3.56. The highest BCUT2D eigenvalue weighted by molar-refractivity contribution is 7.89. The molecule has 0 unspecified atom stereocenters. The number of sulfonamides is 1. The Morgan fingerprint density at radius 1 is 1.43 bits per heavy atom. The highest BCUT2D eigenvalue weighted by atomic mass is 32.2. The van der Waals surface area contributed by atoms with Gasteiger partial charge in [0.1, 0.15) is 0 Å². The largest absolute Gasteiger partial charge is 0.375 e. The van der Waals surface area contributed by atoms with Crippen LogP contribution in [0.4, 0.5) is 0 Å². The van der Waals surface area contributed by atoms with Gasteiger partial charge in [0.15, 0.2) is 5.03 Å². The van der Waals surface area contributed by atoms with Crippen LogP contribution in [0.2, 0.25) is 0 Å². The fraction of sp³-hybridized carbons (Fsp3) is 0.769. The third kappa shape index (κ3) is 2.50. The summed E-state index contributed by atoms with van der Waals surface area (Å²) in [5.74, 6) is 0. The van der Waals surface area contributed by atoms with Crippen LogP contribution in [0.25, 0.3) is 0 Å². The molecule has 0 N–H and O–H groups in total. The van der Waals surface area contributed by atoms with Crippen LogP contribution in [-0.4, -0.2) is 72.6 Å². The minimum absolute atomic E-state index is 0.0489. The molecule has 0 spiro atoms. The maximum atomic E-state index is 12.8. The van der Waals surface area contributed by atoms with E-state index in [0.717, 1.165) is 12.8 Å². The van der Waals surface area contributed by atoms with Crippen molar-refractivity contribution in [2.75, 3.05) is 27.2 Å². The van der Waals surface area contributed by atoms with E-state index in [2.05, 4.69) is 9.88 Å². The van der Waals surface area contributed by atoms with E-state index in [9.17, 15) is 8.42 Å². The lowest BCUT2D eigenvalue weighted by Crippen LogP contribution is -2.45. The normalized spacial score (nSPS) is 30.8. The zero-order chi connectivity index (χ0) is 15.2. The Labute approximate surface area is 125 Å². The van der Waals surface area contributed by atoms with E-state index in [4.69, 9.17) is 4.74 Å². The van der Waals surface area contributed by atoms with Crippen LogP contribution in [0.3, 0.4) is 0 Å². The summed E-state index contributed by atoms with van der Waals surface area (Å²) in [4.78, 5) is 6.07. The number of aromatic nitrogens is 2. The van der Waals surface area contributed by atoms with Gasteiger partial charge in [-0.3, -0.25) is 0 Å². The minimum Gasteiger partial charge on any atom is -0.375 e. The van der Waals surface area contributed by atoms with Crippen molar-refractivity contribution in [2.45, 2.75) is 36.1 Å². The number of likely N-dealkylation sites (N-methyl/N-ethyl adjacent to an activating group) is 1. The van der Waals surface area contributed by atoms with Gasteiger partial charge in [0, 0.05) is 26.4 Å². The number of rotatable bonds is 3. The Balaban J connectivity index is 1.94. The van der Waals surface area contributed by atoms with Crippen molar-refractivity contribution in [3.8, 4) is 0 Å². The number of ether oxygens (including phenoxy) is 1. The van der Waals surface area contributed by atoms with Gasteiger partial charge in [-0.2, -0.15) is 4.31 Å². The number of hydrogen-bond acceptors (Lipinski definition) is 5. The van der Waals surface area contributed by atoms with Gasteiger partial charge in [0.25, 0.3) is 10.0 Å². The smallest absolute Gasteiger partial charge is 0.262 e. The van der Waals surface area contributed by atoms with Crippen molar-refractivity contribution >= 4 is 10.0 Å². The highest BCUT2D eigenvalue weighted by Gasteiger charge is 2.50. The first-order valence-electron chi connectivity index (χ1n) is 7.19. The second-order valence-corrected chi connectivity index (χ2v) is 7.87. The lowest BCUT2D eigenvalue weighted by molar-refractivity contribution is -0.0266. The molecule has 0 bridgehead atoms. The quantitative estimate of drug-likeness (QED) is 0.779. The van der Waals surface area contributed by atoms with E-state index in [1.165, 1.54) is 6.33 Å². The van der Waals surface area contributed by atoms with Gasteiger partial charge in [-0.05, 0) is 26.9 Å². The molecule has 1 aromatic rings. The standard InChI is InChI=1S/C13H22N4O3S/c1-15(2)11-7-17(10-5-4-6-20-13(10)11)21(18,19)12-8-16(3)9-14-12/h8-11,13H,4-7H2,1-3H3/t10-,11-,13+/m1/s1. The van der Waals surface area contributed by atoms with E-state index in [0.29, 0.717) is 13.2 Å². The summed E-state index contributed by atoms with van der Waals surface area (Å²) in [5, 5.41) is 0.119. The maximum Gasteiger partial charge on any atom is 0.262 e. The Morgan fingerprint density at radius 2 is 2.19 bits per heavy atom. The van der Waals surface area contributed by atoms with Gasteiger partial charge in [0.2, 0.25) is 0 Å². The monoisotopic (exact) mass is 314 g/mol. The first-order chi connectivity index (χ1) is 9.91. The zero-order valence-electron chi connectivity index (χ0n) is 12.6. The molecule has 8 heteroatoms. The van der Waals surface area contributed by atoms with Gasteiger partial charge in [0.05, 0.1) is 24.5 Å². The molecule has 3 atom stereocenters. The molecule has 3 rings (SSSR count). The number of imidazole rings is 1. The van der Waals surface area contributed by atoms with Gasteiger partial charge in [-0.15, -0.1) is 0 Å². The van der Waals surface area contributed by atoms with Crippen molar-refractivity contribution in [1.82, 2.24) is 18.8 Å². The lowest BCUT2D eigenvalue weighted by atomic mass is 10.0. The number of hydrogen-bond donors (Lipinski definition) is 0. The molecule has 21 heavy (non-hydrogen) atoms. The fourth-order valence-corrected chi connectivity index (χ4v) is 4.91. The topological polar surface area (TPSA) is 67.7 Å². The third-order valence-corrected chi connectivity index (χ3v) is 6.14. The molecule has 0 aromatic carbocycles. The predicted molar refractivity (Wildman–Crippen MR) is 77.3 cm³/mol. The van der Waals surface area contributed by atoms with E-state index in [1.807, 2.05) is 14.1 Å². The molecule has 1 aromatic heterocycles. The summed E-state index contributed by atoms with van der Waals surface area (Å²) in [5.41, 5.74) is 0. The van der Waals surface area contributed by atoms with Gasteiger partial charge < -0.3 is 14.2 Å². The summed E-state index contributed by atoms with van der Waals surface area (Å²) < 4.78 is 34.8. The van der Waals surface area contributed by atoms with Crippen molar-refractivity contribution < 1.29 is 13.2 Å². The molecule has 3 heterocycles. The summed E-state index contributed by atoms with van der Waals surface area (Å²) in [6, 6.07) is 0.00643. The van der Waals surface area contributed by atoms with Gasteiger partial charge in [-0.1, -0.05) is 0 Å². The van der Waals surface area contributed by atoms with Gasteiger partial charge in [-0.25, -0.2) is 13.4 Å². The molecule has 2 saturated heterocycles. The van der Waals surface area contributed by atoms with E-state index >= 15 is 0 Å². The Kier molecular flexibility index (Phi) is 3.81. The molecule has 7 nitrogen and oxygen atoms in total. The third-order valence-electron chi connectivity index (χ3n) is 4.37. The summed E-state index contributed by atoms with van der Waals surface area (Å²) in [6.45, 7) is 1.17. The maximum absolute atomic E-state index is 12.8. The zero-order valence-corrected chi connectivity index (χ0v) is 13.5. The van der Waals surface area contributed by atoms with Crippen LogP contribution in [0.1, 0.15) is 12.8 Å². The summed E-state index contributed by atoms with van der Waals surface area (Å²) >= 11 is 0. The van der Waals surface area contributed by atoms with Crippen LogP contribution < -0.4 is 0 Å².